The average molecular weight is 495 g/mol. The van der Waals surface area contributed by atoms with Crippen LogP contribution >= 0.6 is 24.0 Å². The number of benzene rings is 3. The van der Waals surface area contributed by atoms with Crippen LogP contribution in [0.25, 0.3) is 6.08 Å². The van der Waals surface area contributed by atoms with Crippen LogP contribution in [-0.4, -0.2) is 29.9 Å². The fourth-order valence-electron chi connectivity index (χ4n) is 3.24. The number of amides is 2. The zero-order chi connectivity index (χ0) is 24.1. The van der Waals surface area contributed by atoms with E-state index in [1.807, 2.05) is 30.3 Å². The van der Waals surface area contributed by atoms with Crippen LogP contribution in [0.2, 0.25) is 0 Å². The minimum absolute atomic E-state index is 0.246. The van der Waals surface area contributed by atoms with Crippen LogP contribution in [0.5, 0.6) is 11.5 Å². The van der Waals surface area contributed by atoms with Gasteiger partial charge in [-0.25, -0.2) is 4.39 Å². The normalized spacial score (nSPS) is 14.4. The fourth-order valence-corrected chi connectivity index (χ4v) is 4.53. The van der Waals surface area contributed by atoms with Crippen LogP contribution < -0.4 is 19.7 Å². The van der Waals surface area contributed by atoms with Crippen molar-refractivity contribution in [1.82, 2.24) is 0 Å². The molecule has 1 fully saturated rings. The van der Waals surface area contributed by atoms with Crippen LogP contribution in [0.3, 0.4) is 0 Å². The molecule has 1 aliphatic heterocycles. The molecule has 9 heteroatoms. The Kier molecular flexibility index (Phi) is 7.24. The first-order chi connectivity index (χ1) is 16.5. The Bertz CT molecular complexity index is 1260. The van der Waals surface area contributed by atoms with Gasteiger partial charge in [-0.1, -0.05) is 54.3 Å². The Morgan fingerprint density at radius 3 is 2.53 bits per heavy atom. The van der Waals surface area contributed by atoms with Gasteiger partial charge in [-0.15, -0.1) is 0 Å². The van der Waals surface area contributed by atoms with E-state index in [-0.39, 0.29) is 12.5 Å². The van der Waals surface area contributed by atoms with Crippen molar-refractivity contribution in [3.05, 3.63) is 89.1 Å². The quantitative estimate of drug-likeness (QED) is 0.357. The summed E-state index contributed by atoms with van der Waals surface area (Å²) in [6, 6.07) is 19.8. The first-order valence-electron chi connectivity index (χ1n) is 10.1. The van der Waals surface area contributed by atoms with E-state index in [4.69, 9.17) is 21.7 Å². The van der Waals surface area contributed by atoms with E-state index in [0.717, 1.165) is 0 Å². The van der Waals surface area contributed by atoms with Gasteiger partial charge in [0, 0.05) is 11.3 Å². The largest absolute Gasteiger partial charge is 0.493 e. The molecule has 0 atom stereocenters. The molecule has 1 aliphatic rings. The predicted octanol–water partition coefficient (Wildman–Crippen LogP) is 5.26. The molecule has 4 rings (SSSR count). The van der Waals surface area contributed by atoms with Crippen LogP contribution in [0.1, 0.15) is 5.56 Å². The van der Waals surface area contributed by atoms with Gasteiger partial charge in [0.1, 0.15) is 5.82 Å². The van der Waals surface area contributed by atoms with Crippen molar-refractivity contribution in [1.29, 1.82) is 0 Å². The number of carbonyl (C=O) groups is 2. The third-order valence-electron chi connectivity index (χ3n) is 4.80. The number of rotatable bonds is 7. The summed E-state index contributed by atoms with van der Waals surface area (Å²) in [5.41, 5.74) is 1.69. The topological polar surface area (TPSA) is 67.9 Å². The minimum atomic E-state index is -0.432. The number of methoxy groups -OCH3 is 1. The van der Waals surface area contributed by atoms with Gasteiger partial charge >= 0.3 is 0 Å². The molecular weight excluding hydrogens is 475 g/mol. The van der Waals surface area contributed by atoms with E-state index < -0.39 is 11.7 Å². The Morgan fingerprint density at radius 1 is 1.09 bits per heavy atom. The highest BCUT2D eigenvalue weighted by atomic mass is 32.2. The second-order valence-electron chi connectivity index (χ2n) is 7.08. The highest BCUT2D eigenvalue weighted by Gasteiger charge is 2.33. The Balaban J connectivity index is 1.54. The Labute approximate surface area is 205 Å². The second-order valence-corrected chi connectivity index (χ2v) is 8.75. The molecule has 1 heterocycles. The van der Waals surface area contributed by atoms with Crippen molar-refractivity contribution < 1.29 is 23.5 Å². The number of hydrogen-bond donors (Lipinski definition) is 1. The number of nitrogens with zero attached hydrogens (tertiary/aromatic N) is 1. The van der Waals surface area contributed by atoms with Crippen molar-refractivity contribution in [2.45, 2.75) is 0 Å². The van der Waals surface area contributed by atoms with Gasteiger partial charge in [0.15, 0.2) is 22.4 Å². The van der Waals surface area contributed by atoms with E-state index in [2.05, 4.69) is 5.32 Å². The number of anilines is 2. The van der Waals surface area contributed by atoms with Crippen LogP contribution in [0.4, 0.5) is 15.8 Å². The van der Waals surface area contributed by atoms with Crippen LogP contribution in [-0.2, 0) is 9.59 Å². The SMILES string of the molecule is COc1cccc(/C=C2/SC(=S)N(c3ccccc3)C2=O)c1OCC(=O)Nc1ccc(F)cc1. The van der Waals surface area contributed by atoms with Crippen molar-refractivity contribution in [2.24, 2.45) is 0 Å². The van der Waals surface area contributed by atoms with Gasteiger partial charge in [0.2, 0.25) is 0 Å². The molecule has 0 saturated carbocycles. The lowest BCUT2D eigenvalue weighted by molar-refractivity contribution is -0.118. The molecule has 1 N–H and O–H groups in total. The van der Waals surface area contributed by atoms with Gasteiger partial charge in [-0.05, 0) is 48.5 Å². The van der Waals surface area contributed by atoms with Crippen molar-refractivity contribution >= 4 is 57.6 Å². The van der Waals surface area contributed by atoms with Gasteiger partial charge in [-0.2, -0.15) is 0 Å². The van der Waals surface area contributed by atoms with Gasteiger partial charge in [0.25, 0.3) is 11.8 Å². The number of para-hydroxylation sites is 2. The summed E-state index contributed by atoms with van der Waals surface area (Å²) >= 11 is 6.61. The summed E-state index contributed by atoms with van der Waals surface area (Å²) in [6.45, 7) is -0.316. The molecule has 3 aromatic rings. The van der Waals surface area contributed by atoms with E-state index in [1.165, 1.54) is 48.0 Å². The van der Waals surface area contributed by atoms with Gasteiger partial charge in [-0.3, -0.25) is 14.5 Å². The van der Waals surface area contributed by atoms with Crippen molar-refractivity contribution in [3.63, 3.8) is 0 Å². The number of thiocarbonyl (C=S) groups is 1. The summed E-state index contributed by atoms with van der Waals surface area (Å²) in [6.07, 6.45) is 1.66. The maximum absolute atomic E-state index is 13.1. The highest BCUT2D eigenvalue weighted by molar-refractivity contribution is 8.27. The van der Waals surface area contributed by atoms with E-state index in [9.17, 15) is 14.0 Å². The smallest absolute Gasteiger partial charge is 0.270 e. The summed E-state index contributed by atoms with van der Waals surface area (Å²) in [7, 11) is 1.49. The number of hydrogen-bond acceptors (Lipinski definition) is 6. The fraction of sp³-hybridized carbons (Fsp3) is 0.0800. The number of ether oxygens (including phenoxy) is 2. The molecule has 0 aromatic heterocycles. The molecule has 0 spiro atoms. The summed E-state index contributed by atoms with van der Waals surface area (Å²) in [5.74, 6) is -0.361. The molecule has 6 nitrogen and oxygen atoms in total. The molecule has 34 heavy (non-hydrogen) atoms. The second kappa shape index (κ2) is 10.5. The van der Waals surface area contributed by atoms with Crippen molar-refractivity contribution in [3.8, 4) is 11.5 Å². The Hall–Kier alpha value is -3.69. The summed E-state index contributed by atoms with van der Waals surface area (Å²) in [5, 5.41) is 2.64. The molecule has 1 saturated heterocycles. The first-order valence-corrected chi connectivity index (χ1v) is 11.4. The lowest BCUT2D eigenvalue weighted by Crippen LogP contribution is -2.27. The van der Waals surface area contributed by atoms with E-state index in [1.54, 1.807) is 24.3 Å². The number of thioether (sulfide) groups is 1. The molecule has 0 radical (unpaired) electrons. The molecule has 0 aliphatic carbocycles. The third-order valence-corrected chi connectivity index (χ3v) is 6.10. The molecule has 3 aromatic carbocycles. The average Bonchev–Trinajstić information content (AvgIpc) is 3.12. The Morgan fingerprint density at radius 2 is 1.82 bits per heavy atom. The zero-order valence-electron chi connectivity index (χ0n) is 18.0. The van der Waals surface area contributed by atoms with E-state index in [0.29, 0.717) is 37.7 Å². The standard InChI is InChI=1S/C25H19FN2O4S2/c1-31-20-9-5-6-16(23(20)32-15-22(29)27-18-12-10-17(26)11-13-18)14-21-24(30)28(25(33)34-21)19-7-3-2-4-8-19/h2-14H,15H2,1H3,(H,27,29)/b21-14+. The molecule has 172 valence electrons. The van der Waals surface area contributed by atoms with Gasteiger partial charge in [0.05, 0.1) is 17.7 Å². The van der Waals surface area contributed by atoms with Crippen molar-refractivity contribution in [2.75, 3.05) is 23.9 Å². The van der Waals surface area contributed by atoms with Crippen LogP contribution in [0, 0.1) is 5.82 Å². The predicted molar refractivity (Wildman–Crippen MR) is 136 cm³/mol. The molecular formula is C25H19FN2O4S2. The summed E-state index contributed by atoms with van der Waals surface area (Å²) in [4.78, 5) is 27.3. The zero-order valence-corrected chi connectivity index (χ0v) is 19.6. The first kappa shape index (κ1) is 23.5. The highest BCUT2D eigenvalue weighted by Crippen LogP contribution is 2.39. The maximum atomic E-state index is 13.1. The molecule has 2 amide bonds. The van der Waals surface area contributed by atoms with Crippen LogP contribution in [0.15, 0.2) is 77.7 Å². The molecule has 0 bridgehead atoms. The lowest BCUT2D eigenvalue weighted by atomic mass is 10.1. The molecule has 0 unspecified atom stereocenters. The summed E-state index contributed by atoms with van der Waals surface area (Å²) < 4.78 is 24.7. The number of carbonyl (C=O) groups excluding carboxylic acids is 2. The minimum Gasteiger partial charge on any atom is -0.493 e. The lowest BCUT2D eigenvalue weighted by Gasteiger charge is -2.14. The number of halogens is 1. The third kappa shape index (κ3) is 5.27. The van der Waals surface area contributed by atoms with E-state index >= 15 is 0 Å². The number of nitrogens with one attached hydrogen (secondary N) is 1. The maximum Gasteiger partial charge on any atom is 0.270 e. The van der Waals surface area contributed by atoms with Gasteiger partial charge < -0.3 is 14.8 Å². The monoisotopic (exact) mass is 494 g/mol.